The highest BCUT2D eigenvalue weighted by Crippen LogP contribution is 2.27. The van der Waals surface area contributed by atoms with E-state index in [4.69, 9.17) is 4.74 Å². The number of hydrogen-bond donors (Lipinski definition) is 1. The van der Waals surface area contributed by atoms with E-state index in [2.05, 4.69) is 45.9 Å². The minimum Gasteiger partial charge on any atom is -0.467 e. The van der Waals surface area contributed by atoms with Crippen LogP contribution in [0.3, 0.4) is 0 Å². The maximum absolute atomic E-state index is 5.17. The van der Waals surface area contributed by atoms with Crippen molar-refractivity contribution in [2.75, 3.05) is 30.4 Å². The summed E-state index contributed by atoms with van der Waals surface area (Å²) in [5.41, 5.74) is 0. The van der Waals surface area contributed by atoms with Crippen LogP contribution in [0.5, 0.6) is 6.01 Å². The van der Waals surface area contributed by atoms with Crippen molar-refractivity contribution in [2.45, 2.75) is 39.7 Å². The van der Waals surface area contributed by atoms with Crippen LogP contribution in [-0.2, 0) is 0 Å². The Morgan fingerprint density at radius 3 is 2.68 bits per heavy atom. The molecular formula is C13H23N5O. The van der Waals surface area contributed by atoms with Gasteiger partial charge in [-0.25, -0.2) is 0 Å². The van der Waals surface area contributed by atoms with Crippen LogP contribution in [0.15, 0.2) is 0 Å². The summed E-state index contributed by atoms with van der Waals surface area (Å²) < 4.78 is 5.17. The van der Waals surface area contributed by atoms with Gasteiger partial charge in [0, 0.05) is 19.1 Å². The maximum Gasteiger partial charge on any atom is 0.322 e. The van der Waals surface area contributed by atoms with Gasteiger partial charge in [0.15, 0.2) is 0 Å². The zero-order chi connectivity index (χ0) is 13.8. The van der Waals surface area contributed by atoms with E-state index in [0.717, 1.165) is 19.5 Å². The van der Waals surface area contributed by atoms with E-state index in [1.807, 2.05) is 0 Å². The molecular weight excluding hydrogens is 242 g/mol. The first kappa shape index (κ1) is 13.8. The van der Waals surface area contributed by atoms with E-state index in [1.54, 1.807) is 7.11 Å². The van der Waals surface area contributed by atoms with E-state index >= 15 is 0 Å². The van der Waals surface area contributed by atoms with Crippen molar-refractivity contribution in [3.63, 3.8) is 0 Å². The predicted octanol–water partition coefficient (Wildman–Crippen LogP) is 1.94. The van der Waals surface area contributed by atoms with Gasteiger partial charge in [-0.15, -0.1) is 0 Å². The lowest BCUT2D eigenvalue weighted by atomic mass is 10.1. The van der Waals surface area contributed by atoms with Gasteiger partial charge in [-0.3, -0.25) is 0 Å². The van der Waals surface area contributed by atoms with Crippen LogP contribution in [0.2, 0.25) is 0 Å². The number of ether oxygens (including phenoxy) is 1. The third kappa shape index (κ3) is 3.24. The molecule has 1 aromatic rings. The molecule has 2 heterocycles. The van der Waals surface area contributed by atoms with E-state index < -0.39 is 0 Å². The largest absolute Gasteiger partial charge is 0.467 e. The lowest BCUT2D eigenvalue weighted by Crippen LogP contribution is -2.29. The van der Waals surface area contributed by atoms with Gasteiger partial charge in [0.05, 0.1) is 7.11 Å². The van der Waals surface area contributed by atoms with E-state index in [9.17, 15) is 0 Å². The third-order valence-corrected chi connectivity index (χ3v) is 3.36. The van der Waals surface area contributed by atoms with E-state index in [0.29, 0.717) is 29.9 Å². The van der Waals surface area contributed by atoms with Crippen molar-refractivity contribution < 1.29 is 4.74 Å². The fourth-order valence-electron chi connectivity index (χ4n) is 2.46. The second-order valence-electron chi connectivity index (χ2n) is 5.21. The Morgan fingerprint density at radius 1 is 1.32 bits per heavy atom. The van der Waals surface area contributed by atoms with Crippen LogP contribution >= 0.6 is 0 Å². The molecule has 0 bridgehead atoms. The number of anilines is 2. The quantitative estimate of drug-likeness (QED) is 0.877. The molecule has 2 rings (SSSR count). The summed E-state index contributed by atoms with van der Waals surface area (Å²) >= 11 is 0. The molecule has 0 amide bonds. The second-order valence-corrected chi connectivity index (χ2v) is 5.21. The summed E-state index contributed by atoms with van der Waals surface area (Å²) in [6.07, 6.45) is 2.20. The highest BCUT2D eigenvalue weighted by atomic mass is 16.5. The summed E-state index contributed by atoms with van der Waals surface area (Å²) in [4.78, 5) is 15.3. The Hall–Kier alpha value is -1.59. The molecule has 2 unspecified atom stereocenters. The van der Waals surface area contributed by atoms with Crippen molar-refractivity contribution in [1.29, 1.82) is 0 Å². The molecule has 1 aliphatic heterocycles. The first-order chi connectivity index (χ1) is 9.13. The van der Waals surface area contributed by atoms with Crippen molar-refractivity contribution in [1.82, 2.24) is 15.0 Å². The molecule has 1 saturated heterocycles. The van der Waals surface area contributed by atoms with Gasteiger partial charge in [0.2, 0.25) is 11.9 Å². The zero-order valence-electron chi connectivity index (χ0n) is 12.2. The average molecular weight is 265 g/mol. The van der Waals surface area contributed by atoms with Crippen molar-refractivity contribution >= 4 is 11.9 Å². The van der Waals surface area contributed by atoms with Gasteiger partial charge in [-0.05, 0) is 25.7 Å². The molecule has 0 spiro atoms. The normalized spacial score (nSPS) is 22.6. The van der Waals surface area contributed by atoms with Crippen LogP contribution < -0.4 is 15.0 Å². The number of methoxy groups -OCH3 is 1. The summed E-state index contributed by atoms with van der Waals surface area (Å²) in [6, 6.07) is 0.830. The zero-order valence-corrected chi connectivity index (χ0v) is 12.2. The smallest absolute Gasteiger partial charge is 0.322 e. The number of hydrogen-bond acceptors (Lipinski definition) is 6. The Morgan fingerprint density at radius 2 is 2.11 bits per heavy atom. The number of nitrogens with zero attached hydrogens (tertiary/aromatic N) is 4. The molecule has 6 heteroatoms. The lowest BCUT2D eigenvalue weighted by Gasteiger charge is -2.21. The fourth-order valence-corrected chi connectivity index (χ4v) is 2.46. The van der Waals surface area contributed by atoms with Gasteiger partial charge in [0.1, 0.15) is 0 Å². The third-order valence-electron chi connectivity index (χ3n) is 3.36. The first-order valence-corrected chi connectivity index (χ1v) is 6.94. The van der Waals surface area contributed by atoms with Crippen molar-refractivity contribution in [3.8, 4) is 6.01 Å². The minimum absolute atomic E-state index is 0.371. The molecule has 0 aliphatic carbocycles. The molecule has 6 nitrogen and oxygen atoms in total. The molecule has 1 aliphatic rings. The van der Waals surface area contributed by atoms with Crippen molar-refractivity contribution in [3.05, 3.63) is 0 Å². The summed E-state index contributed by atoms with van der Waals surface area (Å²) in [6.45, 7) is 8.40. The molecule has 0 radical (unpaired) electrons. The monoisotopic (exact) mass is 265 g/mol. The molecule has 1 fully saturated rings. The molecule has 106 valence electrons. The van der Waals surface area contributed by atoms with Crippen LogP contribution in [0, 0.1) is 5.92 Å². The average Bonchev–Trinajstić information content (AvgIpc) is 2.75. The minimum atomic E-state index is 0.371. The summed E-state index contributed by atoms with van der Waals surface area (Å²) in [5, 5.41) is 3.19. The fraction of sp³-hybridized carbons (Fsp3) is 0.769. The number of aromatic nitrogens is 3. The predicted molar refractivity (Wildman–Crippen MR) is 75.7 cm³/mol. The van der Waals surface area contributed by atoms with Gasteiger partial charge >= 0.3 is 6.01 Å². The molecule has 19 heavy (non-hydrogen) atoms. The highest BCUT2D eigenvalue weighted by Gasteiger charge is 2.28. The number of nitrogens with one attached hydrogen (secondary N) is 1. The molecule has 0 saturated carbocycles. The van der Waals surface area contributed by atoms with Crippen molar-refractivity contribution in [2.24, 2.45) is 5.92 Å². The Kier molecular flexibility index (Phi) is 4.39. The van der Waals surface area contributed by atoms with Crippen LogP contribution in [-0.4, -0.2) is 41.2 Å². The Labute approximate surface area is 114 Å². The number of rotatable bonds is 5. The lowest BCUT2D eigenvalue weighted by molar-refractivity contribution is 0.378. The van der Waals surface area contributed by atoms with E-state index in [-0.39, 0.29) is 0 Å². The molecule has 1 aromatic heterocycles. The standard InChI is InChI=1S/C13H23N5O/c1-5-6-14-11-15-12(17-13(16-11)19-4)18-8-9(2)7-10(18)3/h9-10H,5-8H2,1-4H3,(H,14,15,16,17). The topological polar surface area (TPSA) is 63.2 Å². The Balaban J connectivity index is 2.23. The Bertz CT molecular complexity index is 425. The second kappa shape index (κ2) is 6.04. The molecule has 1 N–H and O–H groups in total. The summed E-state index contributed by atoms with van der Waals surface area (Å²) in [7, 11) is 1.58. The maximum atomic E-state index is 5.17. The van der Waals surface area contributed by atoms with Gasteiger partial charge in [-0.2, -0.15) is 15.0 Å². The molecule has 2 atom stereocenters. The van der Waals surface area contributed by atoms with Gasteiger partial charge in [-0.1, -0.05) is 13.8 Å². The van der Waals surface area contributed by atoms with Gasteiger partial charge < -0.3 is 15.0 Å². The SMILES string of the molecule is CCCNc1nc(OC)nc(N2CC(C)CC2C)n1. The first-order valence-electron chi connectivity index (χ1n) is 6.94. The highest BCUT2D eigenvalue weighted by molar-refractivity contribution is 5.40. The van der Waals surface area contributed by atoms with E-state index in [1.165, 1.54) is 6.42 Å². The van der Waals surface area contributed by atoms with Crippen LogP contribution in [0.1, 0.15) is 33.6 Å². The summed E-state index contributed by atoms with van der Waals surface area (Å²) in [5.74, 6) is 1.97. The van der Waals surface area contributed by atoms with Gasteiger partial charge in [0.25, 0.3) is 0 Å². The van der Waals surface area contributed by atoms with Crippen LogP contribution in [0.25, 0.3) is 0 Å². The van der Waals surface area contributed by atoms with Crippen LogP contribution in [0.4, 0.5) is 11.9 Å². The molecule has 0 aromatic carbocycles.